The molecule has 4 aromatic rings. The first kappa shape index (κ1) is 19.7. The minimum Gasteiger partial charge on any atom is -0.497 e. The van der Waals surface area contributed by atoms with Crippen molar-refractivity contribution in [2.24, 2.45) is 0 Å². The molecule has 0 unspecified atom stereocenters. The zero-order chi connectivity index (χ0) is 21.1. The average molecular weight is 420 g/mol. The molecule has 1 N–H and O–H groups in total. The molecule has 0 spiro atoms. The van der Waals surface area contributed by atoms with E-state index in [4.69, 9.17) is 16.3 Å². The second-order valence-corrected chi connectivity index (χ2v) is 7.05. The molecule has 6 nitrogen and oxygen atoms in total. The lowest BCUT2D eigenvalue weighted by Gasteiger charge is -2.12. The summed E-state index contributed by atoms with van der Waals surface area (Å²) in [5.41, 5.74) is 1.31. The monoisotopic (exact) mass is 419 g/mol. The van der Waals surface area contributed by atoms with Crippen molar-refractivity contribution in [3.8, 4) is 11.4 Å². The molecule has 7 heteroatoms. The van der Waals surface area contributed by atoms with Crippen LogP contribution in [0.2, 0.25) is 5.02 Å². The summed E-state index contributed by atoms with van der Waals surface area (Å²) in [7, 11) is 1.60. The van der Waals surface area contributed by atoms with Gasteiger partial charge in [0.25, 0.3) is 11.5 Å². The number of ether oxygens (including phenoxy) is 1. The van der Waals surface area contributed by atoms with Gasteiger partial charge in [0.2, 0.25) is 0 Å². The number of methoxy groups -OCH3 is 1. The topological polar surface area (TPSA) is 73.2 Å². The van der Waals surface area contributed by atoms with Gasteiger partial charge < -0.3 is 10.1 Å². The molecule has 0 aliphatic heterocycles. The number of aromatic nitrogens is 2. The van der Waals surface area contributed by atoms with Crippen LogP contribution in [-0.2, 0) is 6.54 Å². The van der Waals surface area contributed by atoms with Crippen LogP contribution < -0.4 is 15.6 Å². The van der Waals surface area contributed by atoms with Gasteiger partial charge in [-0.3, -0.25) is 9.59 Å². The molecule has 3 aromatic carbocycles. The first-order valence-corrected chi connectivity index (χ1v) is 9.64. The minimum absolute atomic E-state index is 0.175. The van der Waals surface area contributed by atoms with Crippen LogP contribution in [0.1, 0.15) is 16.1 Å². The van der Waals surface area contributed by atoms with E-state index >= 15 is 0 Å². The van der Waals surface area contributed by atoms with Crippen LogP contribution in [0.4, 0.5) is 0 Å². The van der Waals surface area contributed by atoms with Crippen molar-refractivity contribution >= 4 is 28.3 Å². The van der Waals surface area contributed by atoms with Crippen LogP contribution in [0.25, 0.3) is 16.5 Å². The number of carbonyl (C=O) groups is 1. The quantitative estimate of drug-likeness (QED) is 0.531. The van der Waals surface area contributed by atoms with Gasteiger partial charge in [-0.05, 0) is 48.0 Å². The van der Waals surface area contributed by atoms with Gasteiger partial charge in [-0.15, -0.1) is 0 Å². The van der Waals surface area contributed by atoms with Gasteiger partial charge in [-0.1, -0.05) is 41.9 Å². The molecule has 1 amide bonds. The van der Waals surface area contributed by atoms with Crippen LogP contribution in [0.3, 0.4) is 0 Å². The first-order valence-electron chi connectivity index (χ1n) is 9.26. The largest absolute Gasteiger partial charge is 0.497 e. The normalized spacial score (nSPS) is 10.7. The summed E-state index contributed by atoms with van der Waals surface area (Å²) in [4.78, 5) is 25.9. The number of nitrogens with zero attached hydrogens (tertiary/aromatic N) is 2. The number of fused-ring (bicyclic) bond motifs is 1. The Morgan fingerprint density at radius 3 is 2.33 bits per heavy atom. The van der Waals surface area contributed by atoms with E-state index in [1.54, 1.807) is 55.6 Å². The summed E-state index contributed by atoms with van der Waals surface area (Å²) < 4.78 is 6.37. The van der Waals surface area contributed by atoms with Crippen LogP contribution in [0.5, 0.6) is 5.75 Å². The molecule has 0 saturated heterocycles. The highest BCUT2D eigenvalue weighted by atomic mass is 35.5. The lowest BCUT2D eigenvalue weighted by molar-refractivity contribution is 0.0946. The van der Waals surface area contributed by atoms with Crippen molar-refractivity contribution in [2.75, 3.05) is 7.11 Å². The summed E-state index contributed by atoms with van der Waals surface area (Å²) >= 11 is 5.95. The number of hydrogen-bond donors (Lipinski definition) is 1. The Kier molecular flexibility index (Phi) is 5.50. The Bertz CT molecular complexity index is 1270. The second-order valence-electron chi connectivity index (χ2n) is 6.62. The molecule has 0 atom stereocenters. The molecule has 1 aromatic heterocycles. The highest BCUT2D eigenvalue weighted by Crippen LogP contribution is 2.17. The second kappa shape index (κ2) is 8.39. The van der Waals surface area contributed by atoms with E-state index in [0.29, 0.717) is 28.0 Å². The van der Waals surface area contributed by atoms with Crippen molar-refractivity contribution in [1.82, 2.24) is 15.1 Å². The average Bonchev–Trinajstić information content (AvgIpc) is 2.79. The number of nitrogens with one attached hydrogen (secondary N) is 1. The summed E-state index contributed by atoms with van der Waals surface area (Å²) in [5.74, 6) is 0.373. The molecule has 4 rings (SSSR count). The maximum absolute atomic E-state index is 13.0. The molecule has 30 heavy (non-hydrogen) atoms. The number of benzene rings is 3. The number of hydrogen-bond acceptors (Lipinski definition) is 4. The Balaban J connectivity index is 1.71. The van der Waals surface area contributed by atoms with E-state index < -0.39 is 0 Å². The number of rotatable bonds is 5. The Labute approximate surface area is 177 Å². The fourth-order valence-electron chi connectivity index (χ4n) is 3.12. The predicted octanol–water partition coefficient (Wildman–Crippen LogP) is 3.98. The molecule has 1 heterocycles. The lowest BCUT2D eigenvalue weighted by atomic mass is 10.1. The van der Waals surface area contributed by atoms with E-state index in [1.165, 1.54) is 4.68 Å². The number of halogens is 1. The zero-order valence-electron chi connectivity index (χ0n) is 16.1. The minimum atomic E-state index is -0.371. The van der Waals surface area contributed by atoms with Gasteiger partial charge >= 0.3 is 0 Å². The van der Waals surface area contributed by atoms with Crippen molar-refractivity contribution in [2.45, 2.75) is 6.54 Å². The van der Waals surface area contributed by atoms with Crippen LogP contribution in [0.15, 0.2) is 77.6 Å². The lowest BCUT2D eigenvalue weighted by Crippen LogP contribution is -2.29. The van der Waals surface area contributed by atoms with Crippen molar-refractivity contribution in [1.29, 1.82) is 0 Å². The standard InChI is InChI=1S/C23H18ClN3O3/c1-30-18-12-6-15(7-13-18)14-25-22(28)21-19-4-2-3-5-20(19)23(29)27(26-21)17-10-8-16(24)9-11-17/h2-13H,14H2,1H3,(H,25,28). The number of carbonyl (C=O) groups excluding carboxylic acids is 1. The van der Waals surface area contributed by atoms with Crippen LogP contribution in [0, 0.1) is 0 Å². The highest BCUT2D eigenvalue weighted by Gasteiger charge is 2.17. The summed E-state index contributed by atoms with van der Waals surface area (Å²) in [6.45, 7) is 0.318. The molecule has 150 valence electrons. The van der Waals surface area contributed by atoms with Crippen molar-refractivity contribution in [3.05, 3.63) is 99.4 Å². The molecule has 0 aliphatic rings. The van der Waals surface area contributed by atoms with Gasteiger partial charge in [0.05, 0.1) is 18.2 Å². The van der Waals surface area contributed by atoms with Crippen LogP contribution in [-0.4, -0.2) is 22.8 Å². The summed E-state index contributed by atoms with van der Waals surface area (Å²) in [5, 5.41) is 8.70. The van der Waals surface area contributed by atoms with E-state index in [9.17, 15) is 9.59 Å². The Morgan fingerprint density at radius 1 is 1.00 bits per heavy atom. The maximum atomic E-state index is 13.0. The van der Waals surface area contributed by atoms with Crippen molar-refractivity contribution < 1.29 is 9.53 Å². The Morgan fingerprint density at radius 2 is 1.67 bits per heavy atom. The van der Waals surface area contributed by atoms with E-state index in [2.05, 4.69) is 10.4 Å². The van der Waals surface area contributed by atoms with E-state index in [0.717, 1.165) is 11.3 Å². The van der Waals surface area contributed by atoms with E-state index in [-0.39, 0.29) is 17.2 Å². The molecule has 0 bridgehead atoms. The Hall–Kier alpha value is -3.64. The molecular weight excluding hydrogens is 402 g/mol. The maximum Gasteiger partial charge on any atom is 0.279 e. The van der Waals surface area contributed by atoms with E-state index in [1.807, 2.05) is 24.3 Å². The van der Waals surface area contributed by atoms with Gasteiger partial charge in [0.1, 0.15) is 5.75 Å². The molecule has 0 fully saturated rings. The zero-order valence-corrected chi connectivity index (χ0v) is 16.9. The van der Waals surface area contributed by atoms with Gasteiger partial charge in [-0.25, -0.2) is 0 Å². The molecule has 0 saturated carbocycles. The van der Waals surface area contributed by atoms with Gasteiger partial charge in [0, 0.05) is 17.0 Å². The fourth-order valence-corrected chi connectivity index (χ4v) is 3.25. The van der Waals surface area contributed by atoms with Gasteiger partial charge in [-0.2, -0.15) is 9.78 Å². The van der Waals surface area contributed by atoms with Gasteiger partial charge in [0.15, 0.2) is 5.69 Å². The molecule has 0 radical (unpaired) electrons. The van der Waals surface area contributed by atoms with Crippen LogP contribution >= 0.6 is 11.6 Å². The fraction of sp³-hybridized carbons (Fsp3) is 0.0870. The first-order chi connectivity index (χ1) is 14.6. The van der Waals surface area contributed by atoms with Crippen molar-refractivity contribution in [3.63, 3.8) is 0 Å². The summed E-state index contributed by atoms with van der Waals surface area (Å²) in [6, 6.07) is 21.1. The third-order valence-electron chi connectivity index (χ3n) is 4.70. The summed E-state index contributed by atoms with van der Waals surface area (Å²) in [6.07, 6.45) is 0. The number of amides is 1. The SMILES string of the molecule is COc1ccc(CNC(=O)c2nn(-c3ccc(Cl)cc3)c(=O)c3ccccc23)cc1. The third kappa shape index (κ3) is 3.90. The third-order valence-corrected chi connectivity index (χ3v) is 4.96. The molecular formula is C23H18ClN3O3. The smallest absolute Gasteiger partial charge is 0.279 e. The predicted molar refractivity (Wildman–Crippen MR) is 117 cm³/mol. The highest BCUT2D eigenvalue weighted by molar-refractivity contribution is 6.30. The molecule has 0 aliphatic carbocycles.